The average molecular weight is 319 g/mol. The largest absolute Gasteiger partial charge is 0.0771 e. The molecule has 0 aromatic rings. The van der Waals surface area contributed by atoms with E-state index >= 15 is 0 Å². The van der Waals surface area contributed by atoms with Gasteiger partial charge in [0.05, 0.1) is 0 Å². The van der Waals surface area contributed by atoms with E-state index in [0.717, 1.165) is 34.2 Å². The molecule has 1 heterocycles. The van der Waals surface area contributed by atoms with Gasteiger partial charge in [-0.3, -0.25) is 0 Å². The van der Waals surface area contributed by atoms with E-state index in [9.17, 15) is 0 Å². The van der Waals surface area contributed by atoms with Crippen molar-refractivity contribution in [1.82, 2.24) is 0 Å². The SMILES string of the molecule is C1CCC2CC3CC4SSSSC4CC3CC2C1. The highest BCUT2D eigenvalue weighted by Gasteiger charge is 2.45. The van der Waals surface area contributed by atoms with Crippen LogP contribution in [0.2, 0.25) is 0 Å². The van der Waals surface area contributed by atoms with Crippen molar-refractivity contribution < 1.29 is 0 Å². The summed E-state index contributed by atoms with van der Waals surface area (Å²) in [6, 6.07) is 0. The summed E-state index contributed by atoms with van der Waals surface area (Å²) in [5.41, 5.74) is 0. The molecule has 4 rings (SSSR count). The third kappa shape index (κ3) is 2.48. The van der Waals surface area contributed by atoms with Gasteiger partial charge in [0.25, 0.3) is 0 Å². The molecule has 0 N–H and O–H groups in total. The maximum absolute atomic E-state index is 2.19. The Morgan fingerprint density at radius 2 is 1.06 bits per heavy atom. The molecule has 6 atom stereocenters. The number of rotatable bonds is 0. The highest BCUT2D eigenvalue weighted by atomic mass is 33.7. The van der Waals surface area contributed by atoms with Gasteiger partial charge < -0.3 is 0 Å². The van der Waals surface area contributed by atoms with Gasteiger partial charge in [-0.1, -0.05) is 47.3 Å². The maximum Gasteiger partial charge on any atom is 0.0290 e. The topological polar surface area (TPSA) is 0 Å². The van der Waals surface area contributed by atoms with Crippen LogP contribution in [-0.4, -0.2) is 10.5 Å². The van der Waals surface area contributed by atoms with Crippen LogP contribution in [0.25, 0.3) is 0 Å². The highest BCUT2D eigenvalue weighted by molar-refractivity contribution is 9.27. The Bertz CT molecular complexity index is 250. The molecule has 0 spiro atoms. The highest BCUT2D eigenvalue weighted by Crippen LogP contribution is 2.62. The van der Waals surface area contributed by atoms with Crippen LogP contribution in [0.4, 0.5) is 0 Å². The molecule has 6 unspecified atom stereocenters. The molecule has 0 bridgehead atoms. The molecule has 1 aliphatic heterocycles. The minimum absolute atomic E-state index is 0.975. The monoisotopic (exact) mass is 318 g/mol. The van der Waals surface area contributed by atoms with Gasteiger partial charge in [-0.05, 0) is 69.0 Å². The molecule has 0 aromatic carbocycles. The smallest absolute Gasteiger partial charge is 0.0290 e. The molecule has 0 amide bonds. The van der Waals surface area contributed by atoms with E-state index in [1.54, 1.807) is 38.5 Å². The van der Waals surface area contributed by atoms with Crippen molar-refractivity contribution in [3.05, 3.63) is 0 Å². The lowest BCUT2D eigenvalue weighted by Crippen LogP contribution is -2.42. The Balaban J connectivity index is 1.46. The maximum atomic E-state index is 2.19. The van der Waals surface area contributed by atoms with Crippen LogP contribution >= 0.6 is 41.2 Å². The molecule has 0 nitrogen and oxygen atoms in total. The first-order valence-corrected chi connectivity index (χ1v) is 12.5. The van der Waals surface area contributed by atoms with Crippen molar-refractivity contribution >= 4 is 41.2 Å². The van der Waals surface area contributed by atoms with Crippen LogP contribution in [0.5, 0.6) is 0 Å². The van der Waals surface area contributed by atoms with Crippen LogP contribution in [-0.2, 0) is 0 Å². The fourth-order valence-corrected chi connectivity index (χ4v) is 13.2. The quantitative estimate of drug-likeness (QED) is 0.499. The average Bonchev–Trinajstić information content (AvgIpc) is 2.42. The van der Waals surface area contributed by atoms with E-state index in [-0.39, 0.29) is 0 Å². The summed E-state index contributed by atoms with van der Waals surface area (Å²) in [6.45, 7) is 0. The normalized spacial score (nSPS) is 52.0. The van der Waals surface area contributed by atoms with Gasteiger partial charge in [-0.15, -0.1) is 0 Å². The van der Waals surface area contributed by atoms with Crippen LogP contribution in [0.15, 0.2) is 0 Å². The first-order valence-electron chi connectivity index (χ1n) is 7.55. The van der Waals surface area contributed by atoms with Gasteiger partial charge in [0.2, 0.25) is 0 Å². The zero-order valence-corrected chi connectivity index (χ0v) is 14.0. The minimum atomic E-state index is 0.975. The summed E-state index contributed by atoms with van der Waals surface area (Å²) in [5.74, 6) is 4.45. The van der Waals surface area contributed by atoms with Crippen LogP contribution in [0, 0.1) is 23.7 Å². The molecular formula is C14H22S4. The van der Waals surface area contributed by atoms with Crippen LogP contribution < -0.4 is 0 Å². The van der Waals surface area contributed by atoms with Crippen molar-refractivity contribution in [3.8, 4) is 0 Å². The third-order valence-electron chi connectivity index (χ3n) is 5.78. The van der Waals surface area contributed by atoms with Crippen molar-refractivity contribution in [2.24, 2.45) is 23.7 Å². The molecule has 4 aliphatic rings. The van der Waals surface area contributed by atoms with Crippen LogP contribution in [0.1, 0.15) is 51.4 Å². The summed E-state index contributed by atoms with van der Waals surface area (Å²) < 4.78 is 0. The predicted octanol–water partition coefficient (Wildman–Crippen LogP) is 6.04. The van der Waals surface area contributed by atoms with Gasteiger partial charge in [0.1, 0.15) is 0 Å². The van der Waals surface area contributed by atoms with E-state index in [1.807, 2.05) is 19.7 Å². The molecule has 4 fully saturated rings. The molecule has 1 saturated heterocycles. The molecule has 0 radical (unpaired) electrons. The van der Waals surface area contributed by atoms with Gasteiger partial charge in [-0.2, -0.15) is 0 Å². The first kappa shape index (κ1) is 13.1. The van der Waals surface area contributed by atoms with Gasteiger partial charge in [-0.25, -0.2) is 0 Å². The zero-order valence-electron chi connectivity index (χ0n) is 10.8. The summed E-state index contributed by atoms with van der Waals surface area (Å²) in [7, 11) is 8.46. The second-order valence-corrected chi connectivity index (χ2v) is 13.0. The lowest BCUT2D eigenvalue weighted by molar-refractivity contribution is 0.0556. The summed E-state index contributed by atoms with van der Waals surface area (Å²) in [4.78, 5) is 0. The number of fused-ring (bicyclic) bond motifs is 3. The molecule has 18 heavy (non-hydrogen) atoms. The molecule has 102 valence electrons. The summed E-state index contributed by atoms with van der Waals surface area (Å²) in [6.07, 6.45) is 12.5. The van der Waals surface area contributed by atoms with E-state index in [4.69, 9.17) is 0 Å². The molecular weight excluding hydrogens is 296 g/mol. The Kier molecular flexibility index (Phi) is 4.11. The Morgan fingerprint density at radius 3 is 1.56 bits per heavy atom. The fraction of sp³-hybridized carbons (Fsp3) is 1.00. The lowest BCUT2D eigenvalue weighted by atomic mass is 9.60. The van der Waals surface area contributed by atoms with Gasteiger partial charge in [0.15, 0.2) is 0 Å². The second kappa shape index (κ2) is 5.65. The summed E-state index contributed by atoms with van der Waals surface area (Å²) in [5, 5.41) is 1.95. The second-order valence-electron chi connectivity index (χ2n) is 6.67. The Morgan fingerprint density at radius 1 is 0.556 bits per heavy atom. The Labute approximate surface area is 126 Å². The van der Waals surface area contributed by atoms with E-state index < -0.39 is 0 Å². The van der Waals surface area contributed by atoms with E-state index in [0.29, 0.717) is 0 Å². The van der Waals surface area contributed by atoms with Crippen molar-refractivity contribution in [1.29, 1.82) is 0 Å². The van der Waals surface area contributed by atoms with E-state index in [1.165, 1.54) is 12.8 Å². The molecule has 3 saturated carbocycles. The van der Waals surface area contributed by atoms with E-state index in [2.05, 4.69) is 21.6 Å². The Hall–Kier alpha value is 1.40. The predicted molar refractivity (Wildman–Crippen MR) is 88.8 cm³/mol. The van der Waals surface area contributed by atoms with Crippen molar-refractivity contribution in [2.75, 3.05) is 0 Å². The zero-order chi connectivity index (χ0) is 11.9. The standard InChI is InChI=1S/C14H22S4/c1-2-4-10-6-12-8-14-13(15-17-18-16-14)7-11(12)5-9(10)3-1/h9-14H,1-8H2. The molecule has 0 aromatic heterocycles. The summed E-state index contributed by atoms with van der Waals surface area (Å²) >= 11 is 0. The van der Waals surface area contributed by atoms with Crippen molar-refractivity contribution in [2.45, 2.75) is 61.9 Å². The molecule has 3 aliphatic carbocycles. The third-order valence-corrected chi connectivity index (χ3v) is 13.2. The van der Waals surface area contributed by atoms with Crippen LogP contribution in [0.3, 0.4) is 0 Å². The lowest BCUT2D eigenvalue weighted by Gasteiger charge is -2.50. The minimum Gasteiger partial charge on any atom is -0.0771 e. The fourth-order valence-electron chi connectivity index (χ4n) is 4.88. The number of hydrogen-bond donors (Lipinski definition) is 0. The number of hydrogen-bond acceptors (Lipinski definition) is 4. The first-order chi connectivity index (χ1) is 8.90. The van der Waals surface area contributed by atoms with Crippen molar-refractivity contribution in [3.63, 3.8) is 0 Å². The molecule has 4 heteroatoms. The van der Waals surface area contributed by atoms with Gasteiger partial charge >= 0.3 is 0 Å². The van der Waals surface area contributed by atoms with Gasteiger partial charge in [0, 0.05) is 10.5 Å².